The van der Waals surface area contributed by atoms with Crippen molar-refractivity contribution < 1.29 is 18.3 Å². The zero-order chi connectivity index (χ0) is 9.23. The molecule has 0 aliphatic heterocycles. The molecule has 7 heteroatoms. The lowest BCUT2D eigenvalue weighted by molar-refractivity contribution is -0.140. The molecule has 1 atom stereocenters. The van der Waals surface area contributed by atoms with Gasteiger partial charge in [-0.15, -0.1) is 0 Å². The monoisotopic (exact) mass is 182 g/mol. The minimum atomic E-state index is -3.89. The Morgan fingerprint density at radius 1 is 1.64 bits per heavy atom. The Bertz CT molecular complexity index is 247. The number of hydrogen-bond donors (Lipinski definition) is 2. The molecule has 0 aromatic rings. The first-order chi connectivity index (χ1) is 4.76. The first kappa shape index (κ1) is 10.3. The van der Waals surface area contributed by atoms with E-state index in [2.05, 4.69) is 5.14 Å². The van der Waals surface area contributed by atoms with Gasteiger partial charge in [-0.25, -0.2) is 5.14 Å². The molecule has 11 heavy (non-hydrogen) atoms. The molecule has 0 rings (SSSR count). The molecular formula is C4H10N2O4S. The maximum atomic E-state index is 10.5. The van der Waals surface area contributed by atoms with Crippen molar-refractivity contribution in [2.45, 2.75) is 13.0 Å². The van der Waals surface area contributed by atoms with E-state index in [0.29, 0.717) is 4.31 Å². The Morgan fingerprint density at radius 3 is 2.09 bits per heavy atom. The molecule has 0 aromatic heterocycles. The second-order valence-electron chi connectivity index (χ2n) is 2.08. The SMILES string of the molecule is C[C@@H](C(=O)O)N(C)S(N)(=O)=O. The van der Waals surface area contributed by atoms with E-state index in [1.165, 1.54) is 6.92 Å². The zero-order valence-corrected chi connectivity index (χ0v) is 7.00. The van der Waals surface area contributed by atoms with Crippen LogP contribution in [-0.4, -0.2) is 36.9 Å². The van der Waals surface area contributed by atoms with E-state index in [-0.39, 0.29) is 0 Å². The molecule has 0 radical (unpaired) electrons. The van der Waals surface area contributed by atoms with Crippen LogP contribution in [0.4, 0.5) is 0 Å². The lowest BCUT2D eigenvalue weighted by Crippen LogP contribution is -2.43. The number of nitrogens with two attached hydrogens (primary N) is 1. The summed E-state index contributed by atoms with van der Waals surface area (Å²) in [6, 6.07) is -1.13. The molecule has 0 fully saturated rings. The van der Waals surface area contributed by atoms with Crippen LogP contribution in [0.3, 0.4) is 0 Å². The van der Waals surface area contributed by atoms with Crippen LogP contribution < -0.4 is 5.14 Å². The molecule has 66 valence electrons. The van der Waals surface area contributed by atoms with Crippen molar-refractivity contribution in [2.75, 3.05) is 7.05 Å². The normalized spacial score (nSPS) is 14.9. The number of rotatable bonds is 3. The molecular weight excluding hydrogens is 172 g/mol. The maximum Gasteiger partial charge on any atom is 0.321 e. The summed E-state index contributed by atoms with van der Waals surface area (Å²) in [6.45, 7) is 1.23. The van der Waals surface area contributed by atoms with Crippen molar-refractivity contribution >= 4 is 16.2 Å². The van der Waals surface area contributed by atoms with Crippen LogP contribution >= 0.6 is 0 Å². The van der Waals surface area contributed by atoms with Crippen molar-refractivity contribution in [3.05, 3.63) is 0 Å². The molecule has 0 spiro atoms. The number of hydrogen-bond acceptors (Lipinski definition) is 3. The summed E-state index contributed by atoms with van der Waals surface area (Å²) in [7, 11) is -2.79. The van der Waals surface area contributed by atoms with Gasteiger partial charge in [0.05, 0.1) is 0 Å². The van der Waals surface area contributed by atoms with E-state index < -0.39 is 22.2 Å². The smallest absolute Gasteiger partial charge is 0.321 e. The van der Waals surface area contributed by atoms with E-state index >= 15 is 0 Å². The highest BCUT2D eigenvalue weighted by molar-refractivity contribution is 7.86. The van der Waals surface area contributed by atoms with Gasteiger partial charge in [0.2, 0.25) is 0 Å². The predicted molar refractivity (Wildman–Crippen MR) is 38.0 cm³/mol. The number of carboxylic acids is 1. The molecule has 3 N–H and O–H groups in total. The Kier molecular flexibility index (Phi) is 2.97. The van der Waals surface area contributed by atoms with E-state index in [1.807, 2.05) is 0 Å². The van der Waals surface area contributed by atoms with Crippen molar-refractivity contribution in [1.82, 2.24) is 4.31 Å². The summed E-state index contributed by atoms with van der Waals surface area (Å²) in [4.78, 5) is 10.2. The lowest BCUT2D eigenvalue weighted by Gasteiger charge is -2.17. The fraction of sp³-hybridized carbons (Fsp3) is 0.750. The van der Waals surface area contributed by atoms with Crippen LogP contribution in [0.5, 0.6) is 0 Å². The second kappa shape index (κ2) is 3.16. The molecule has 0 aliphatic rings. The zero-order valence-electron chi connectivity index (χ0n) is 6.18. The highest BCUT2D eigenvalue weighted by Gasteiger charge is 2.24. The molecule has 0 saturated carbocycles. The highest BCUT2D eigenvalue weighted by Crippen LogP contribution is 1.98. The summed E-state index contributed by atoms with van der Waals surface area (Å²) in [6.07, 6.45) is 0. The minimum absolute atomic E-state index is 0.579. The summed E-state index contributed by atoms with van der Waals surface area (Å²) in [5, 5.41) is 13.0. The molecule has 0 saturated heterocycles. The molecule has 0 bridgehead atoms. The van der Waals surface area contributed by atoms with E-state index in [9.17, 15) is 13.2 Å². The summed E-state index contributed by atoms with van der Waals surface area (Å²) >= 11 is 0. The topological polar surface area (TPSA) is 101 Å². The molecule has 6 nitrogen and oxygen atoms in total. The summed E-state index contributed by atoms with van der Waals surface area (Å²) in [5.74, 6) is -1.23. The van der Waals surface area contributed by atoms with Crippen LogP contribution in [0.15, 0.2) is 0 Å². The van der Waals surface area contributed by atoms with Crippen molar-refractivity contribution in [1.29, 1.82) is 0 Å². The second-order valence-corrected chi connectivity index (χ2v) is 3.68. The van der Waals surface area contributed by atoms with Crippen molar-refractivity contribution in [3.8, 4) is 0 Å². The number of carbonyl (C=O) groups is 1. The number of aliphatic carboxylic acids is 1. The molecule has 0 heterocycles. The maximum absolute atomic E-state index is 10.5. The van der Waals surface area contributed by atoms with Crippen LogP contribution in [0.1, 0.15) is 6.92 Å². The Labute approximate surface area is 64.8 Å². The van der Waals surface area contributed by atoms with Crippen LogP contribution in [0.25, 0.3) is 0 Å². The molecule has 0 aromatic carbocycles. The molecule has 0 aliphatic carbocycles. The van der Waals surface area contributed by atoms with Gasteiger partial charge in [-0.3, -0.25) is 4.79 Å². The van der Waals surface area contributed by atoms with Gasteiger partial charge < -0.3 is 5.11 Å². The van der Waals surface area contributed by atoms with Crippen molar-refractivity contribution in [2.24, 2.45) is 5.14 Å². The summed E-state index contributed by atoms with van der Waals surface area (Å²) < 4.78 is 21.6. The van der Waals surface area contributed by atoms with Gasteiger partial charge in [0.1, 0.15) is 6.04 Å². The fourth-order valence-electron chi connectivity index (χ4n) is 0.376. The van der Waals surface area contributed by atoms with Gasteiger partial charge in [0.15, 0.2) is 0 Å². The average Bonchev–Trinajstić information content (AvgIpc) is 1.82. The third-order valence-electron chi connectivity index (χ3n) is 1.30. The largest absolute Gasteiger partial charge is 0.480 e. The third-order valence-corrected chi connectivity index (χ3v) is 2.42. The van der Waals surface area contributed by atoms with Crippen molar-refractivity contribution in [3.63, 3.8) is 0 Å². The third kappa shape index (κ3) is 2.83. The van der Waals surface area contributed by atoms with Gasteiger partial charge in [-0.05, 0) is 6.92 Å². The van der Waals surface area contributed by atoms with Gasteiger partial charge in [-0.2, -0.15) is 12.7 Å². The number of carboxylic acid groups (broad SMARTS) is 1. The standard InChI is InChI=1S/C4H10N2O4S/c1-3(4(7)8)6(2)11(5,9)10/h3H,1-2H3,(H,7,8)(H2,5,9,10)/t3-/m0/s1. The lowest BCUT2D eigenvalue weighted by atomic mass is 10.4. The minimum Gasteiger partial charge on any atom is -0.480 e. The van der Waals surface area contributed by atoms with Gasteiger partial charge in [-0.1, -0.05) is 0 Å². The predicted octanol–water partition coefficient (Wildman–Crippen LogP) is -1.41. The van der Waals surface area contributed by atoms with Crippen LogP contribution in [0, 0.1) is 0 Å². The van der Waals surface area contributed by atoms with E-state index in [0.717, 1.165) is 7.05 Å². The Hall–Kier alpha value is -0.660. The highest BCUT2D eigenvalue weighted by atomic mass is 32.2. The first-order valence-electron chi connectivity index (χ1n) is 2.75. The summed E-state index contributed by atoms with van der Waals surface area (Å²) in [5.41, 5.74) is 0. The first-order valence-corrected chi connectivity index (χ1v) is 4.25. The number of nitrogens with zero attached hydrogens (tertiary/aromatic N) is 1. The fourth-order valence-corrected chi connectivity index (χ4v) is 0.907. The van der Waals surface area contributed by atoms with Crippen LogP contribution in [0.2, 0.25) is 0 Å². The molecule has 0 unspecified atom stereocenters. The Morgan fingerprint density at radius 2 is 2.00 bits per heavy atom. The number of likely N-dealkylation sites (N-methyl/N-ethyl adjacent to an activating group) is 1. The van der Waals surface area contributed by atoms with Gasteiger partial charge in [0.25, 0.3) is 10.2 Å². The van der Waals surface area contributed by atoms with Gasteiger partial charge >= 0.3 is 5.97 Å². The average molecular weight is 182 g/mol. The molecule has 0 amide bonds. The Balaban J connectivity index is 4.51. The van der Waals surface area contributed by atoms with Gasteiger partial charge in [0, 0.05) is 7.05 Å². The van der Waals surface area contributed by atoms with E-state index in [1.54, 1.807) is 0 Å². The quantitative estimate of drug-likeness (QED) is 0.560. The van der Waals surface area contributed by atoms with E-state index in [4.69, 9.17) is 5.11 Å². The van der Waals surface area contributed by atoms with Crippen LogP contribution in [-0.2, 0) is 15.0 Å².